The monoisotopic (exact) mass is 420 g/mol. The van der Waals surface area contributed by atoms with Gasteiger partial charge in [0.1, 0.15) is 23.1 Å². The van der Waals surface area contributed by atoms with Crippen LogP contribution >= 0.6 is 11.6 Å². The normalized spacial score (nSPS) is 22.5. The predicted octanol–water partition coefficient (Wildman–Crippen LogP) is 2.74. The summed E-state index contributed by atoms with van der Waals surface area (Å²) in [6.45, 7) is 3.44. The van der Waals surface area contributed by atoms with Crippen LogP contribution in [0.5, 0.6) is 0 Å². The lowest BCUT2D eigenvalue weighted by Crippen LogP contribution is -2.74. The minimum absolute atomic E-state index is 0.0516. The molecule has 2 amide bonds. The standard InChI is InChI=1S/C19H18ClFN4O2S/c20-13-1-3-15-16(7-13)28(27)6-5-25(15)18(26)24-11-19(12-24)9-23(10-19)17-4-2-14(21)8-22-17/h1-4,7-8H,5-6,9-12H2. The van der Waals surface area contributed by atoms with E-state index in [1.54, 1.807) is 29.2 Å². The number of halogens is 2. The summed E-state index contributed by atoms with van der Waals surface area (Å²) in [5.41, 5.74) is 0.776. The largest absolute Gasteiger partial charge is 0.611 e. The summed E-state index contributed by atoms with van der Waals surface area (Å²) in [4.78, 5) is 23.4. The summed E-state index contributed by atoms with van der Waals surface area (Å²) in [5.74, 6) is 0.840. The molecule has 5 rings (SSSR count). The third-order valence-corrected chi connectivity index (χ3v) is 7.21. The fourth-order valence-electron chi connectivity index (χ4n) is 4.25. The van der Waals surface area contributed by atoms with Gasteiger partial charge in [0.25, 0.3) is 0 Å². The second-order valence-electron chi connectivity index (χ2n) is 7.64. The number of benzene rings is 1. The number of likely N-dealkylation sites (tertiary alicyclic amines) is 1. The predicted molar refractivity (Wildman–Crippen MR) is 106 cm³/mol. The number of anilines is 2. The van der Waals surface area contributed by atoms with E-state index >= 15 is 0 Å². The number of aromatic nitrogens is 1. The van der Waals surface area contributed by atoms with E-state index in [2.05, 4.69) is 9.88 Å². The Morgan fingerprint density at radius 3 is 2.71 bits per heavy atom. The van der Waals surface area contributed by atoms with Crippen LogP contribution in [0.2, 0.25) is 5.02 Å². The Hall–Kier alpha value is -2.03. The number of hydrogen-bond acceptors (Lipinski definition) is 4. The molecule has 1 unspecified atom stereocenters. The Morgan fingerprint density at radius 2 is 2.00 bits per heavy atom. The van der Waals surface area contributed by atoms with Crippen LogP contribution in [0.15, 0.2) is 41.4 Å². The Morgan fingerprint density at radius 1 is 1.21 bits per heavy atom. The Labute approximate surface area is 170 Å². The molecule has 3 aliphatic heterocycles. The molecule has 3 aliphatic rings. The number of nitrogens with zero attached hydrogens (tertiary/aromatic N) is 4. The Balaban J connectivity index is 1.24. The lowest BCUT2D eigenvalue weighted by atomic mass is 9.73. The molecule has 1 spiro atoms. The van der Waals surface area contributed by atoms with Crippen LogP contribution in [0.25, 0.3) is 0 Å². The van der Waals surface area contributed by atoms with E-state index in [0.29, 0.717) is 41.0 Å². The Bertz CT molecular complexity index is 930. The summed E-state index contributed by atoms with van der Waals surface area (Å²) in [5, 5.41) is 0.522. The van der Waals surface area contributed by atoms with Crippen molar-refractivity contribution in [2.75, 3.05) is 48.3 Å². The zero-order valence-corrected chi connectivity index (χ0v) is 16.5. The molecule has 0 saturated carbocycles. The number of urea groups is 1. The number of hydrogen-bond donors (Lipinski definition) is 0. The van der Waals surface area contributed by atoms with Crippen molar-refractivity contribution in [3.63, 3.8) is 0 Å². The molecule has 6 nitrogen and oxygen atoms in total. The lowest BCUT2D eigenvalue weighted by Gasteiger charge is -2.60. The fraction of sp³-hybridized carbons (Fsp3) is 0.368. The molecule has 2 saturated heterocycles. The summed E-state index contributed by atoms with van der Waals surface area (Å²) in [6.07, 6.45) is 1.22. The number of rotatable bonds is 1. The average molecular weight is 421 g/mol. The molecule has 0 radical (unpaired) electrons. The van der Waals surface area contributed by atoms with Crippen molar-refractivity contribution >= 4 is 40.3 Å². The molecule has 0 N–H and O–H groups in total. The van der Waals surface area contributed by atoms with E-state index in [1.165, 1.54) is 12.3 Å². The quantitative estimate of drug-likeness (QED) is 0.665. The zero-order chi connectivity index (χ0) is 19.5. The van der Waals surface area contributed by atoms with Crippen LogP contribution in [0.1, 0.15) is 0 Å². The summed E-state index contributed by atoms with van der Waals surface area (Å²) >= 11 is 4.90. The highest BCUT2D eigenvalue weighted by Crippen LogP contribution is 2.42. The topological polar surface area (TPSA) is 62.7 Å². The van der Waals surface area contributed by atoms with Crippen LogP contribution in [0.3, 0.4) is 0 Å². The minimum atomic E-state index is -1.13. The van der Waals surface area contributed by atoms with Crippen molar-refractivity contribution in [2.24, 2.45) is 5.41 Å². The van der Waals surface area contributed by atoms with Gasteiger partial charge < -0.3 is 14.4 Å². The molecular weight excluding hydrogens is 403 g/mol. The first-order valence-corrected chi connectivity index (χ1v) is 10.7. The molecule has 0 aliphatic carbocycles. The molecule has 2 aromatic rings. The van der Waals surface area contributed by atoms with Gasteiger partial charge in [0.05, 0.1) is 12.7 Å². The van der Waals surface area contributed by atoms with Gasteiger partial charge in [-0.25, -0.2) is 14.2 Å². The van der Waals surface area contributed by atoms with Crippen LogP contribution in [-0.4, -0.2) is 58.9 Å². The van der Waals surface area contributed by atoms with E-state index in [0.717, 1.165) is 18.9 Å². The van der Waals surface area contributed by atoms with Gasteiger partial charge in [-0.2, -0.15) is 0 Å². The SMILES string of the molecule is O=C(N1CC2(C1)CN(c1ccc(F)cn1)C2)N1CC[S+]([O-])c2cc(Cl)ccc21. The minimum Gasteiger partial charge on any atom is -0.611 e. The maximum absolute atomic E-state index is 13.0. The zero-order valence-electron chi connectivity index (χ0n) is 15.0. The molecule has 146 valence electrons. The highest BCUT2D eigenvalue weighted by atomic mass is 35.5. The summed E-state index contributed by atoms with van der Waals surface area (Å²) in [7, 11) is 0. The van der Waals surface area contributed by atoms with E-state index in [1.807, 2.05) is 4.90 Å². The van der Waals surface area contributed by atoms with Crippen molar-refractivity contribution in [3.05, 3.63) is 47.4 Å². The van der Waals surface area contributed by atoms with Gasteiger partial charge in [-0.1, -0.05) is 11.6 Å². The average Bonchev–Trinajstić information content (AvgIpc) is 2.61. The third-order valence-electron chi connectivity index (χ3n) is 5.60. The maximum Gasteiger partial charge on any atom is 0.324 e. The second kappa shape index (κ2) is 6.50. The number of pyridine rings is 1. The first-order chi connectivity index (χ1) is 13.4. The van der Waals surface area contributed by atoms with Gasteiger partial charge in [0.15, 0.2) is 4.90 Å². The highest BCUT2D eigenvalue weighted by Gasteiger charge is 2.54. The van der Waals surface area contributed by atoms with Gasteiger partial charge in [-0.3, -0.25) is 4.90 Å². The molecule has 28 heavy (non-hydrogen) atoms. The maximum atomic E-state index is 13.0. The summed E-state index contributed by atoms with van der Waals surface area (Å²) < 4.78 is 25.3. The Kier molecular flexibility index (Phi) is 4.19. The molecule has 2 fully saturated rings. The van der Waals surface area contributed by atoms with E-state index in [4.69, 9.17) is 11.6 Å². The number of carbonyl (C=O) groups is 1. The van der Waals surface area contributed by atoms with E-state index in [-0.39, 0.29) is 17.3 Å². The van der Waals surface area contributed by atoms with Gasteiger partial charge in [0, 0.05) is 42.7 Å². The van der Waals surface area contributed by atoms with Crippen molar-refractivity contribution in [3.8, 4) is 0 Å². The third kappa shape index (κ3) is 2.91. The van der Waals surface area contributed by atoms with Crippen molar-refractivity contribution < 1.29 is 13.7 Å². The highest BCUT2D eigenvalue weighted by molar-refractivity contribution is 7.91. The lowest BCUT2D eigenvalue weighted by molar-refractivity contribution is 0.00968. The van der Waals surface area contributed by atoms with Gasteiger partial charge >= 0.3 is 6.03 Å². The van der Waals surface area contributed by atoms with Crippen molar-refractivity contribution in [1.82, 2.24) is 9.88 Å². The van der Waals surface area contributed by atoms with E-state index in [9.17, 15) is 13.7 Å². The molecule has 1 aromatic carbocycles. The fourth-order valence-corrected chi connectivity index (χ4v) is 5.72. The van der Waals surface area contributed by atoms with E-state index < -0.39 is 11.2 Å². The van der Waals surface area contributed by atoms with Gasteiger partial charge in [-0.05, 0) is 35.4 Å². The molecule has 0 bridgehead atoms. The molecule has 1 atom stereocenters. The summed E-state index contributed by atoms with van der Waals surface area (Å²) in [6, 6.07) is 8.22. The van der Waals surface area contributed by atoms with Crippen LogP contribution in [0, 0.1) is 11.2 Å². The van der Waals surface area contributed by atoms with Crippen LogP contribution in [0.4, 0.5) is 20.7 Å². The number of carbonyl (C=O) groups excluding carboxylic acids is 1. The first-order valence-electron chi connectivity index (χ1n) is 9.05. The number of amides is 2. The molecule has 9 heteroatoms. The number of fused-ring (bicyclic) bond motifs is 1. The van der Waals surface area contributed by atoms with Crippen molar-refractivity contribution in [2.45, 2.75) is 4.90 Å². The first kappa shape index (κ1) is 18.0. The van der Waals surface area contributed by atoms with Crippen LogP contribution in [-0.2, 0) is 11.2 Å². The molecule has 1 aromatic heterocycles. The second-order valence-corrected chi connectivity index (χ2v) is 9.62. The van der Waals surface area contributed by atoms with Gasteiger partial charge in [0.2, 0.25) is 0 Å². The van der Waals surface area contributed by atoms with Gasteiger partial charge in [-0.15, -0.1) is 0 Å². The molecule has 4 heterocycles. The molecular formula is C19H18ClFN4O2S. The smallest absolute Gasteiger partial charge is 0.324 e. The van der Waals surface area contributed by atoms with Crippen molar-refractivity contribution in [1.29, 1.82) is 0 Å². The van der Waals surface area contributed by atoms with Crippen LogP contribution < -0.4 is 9.80 Å².